The number of hydrogen-bond acceptors (Lipinski definition) is 3. The van der Waals surface area contributed by atoms with Gasteiger partial charge in [0.25, 0.3) is 5.85 Å². The minimum atomic E-state index is -4.74. The summed E-state index contributed by atoms with van der Waals surface area (Å²) in [5, 5.41) is 0. The molecule has 1 saturated carbocycles. The predicted octanol–water partition coefficient (Wildman–Crippen LogP) is 5.44. The summed E-state index contributed by atoms with van der Waals surface area (Å²) in [5.74, 6) is -10.7. The van der Waals surface area contributed by atoms with Crippen LogP contribution in [0.15, 0.2) is 70.7 Å². The Bertz CT molecular complexity index is 1110. The van der Waals surface area contributed by atoms with E-state index < -0.39 is 43.9 Å². The van der Waals surface area contributed by atoms with Crippen LogP contribution < -0.4 is 0 Å². The van der Waals surface area contributed by atoms with Gasteiger partial charge in [0.05, 0.1) is 10.8 Å². The van der Waals surface area contributed by atoms with Gasteiger partial charge < -0.3 is 4.74 Å². The molecule has 2 unspecified atom stereocenters. The molecule has 0 amide bonds. The predicted molar refractivity (Wildman–Crippen MR) is 100 cm³/mol. The molecule has 3 nitrogen and oxygen atoms in total. The third kappa shape index (κ3) is 3.24. The highest BCUT2D eigenvalue weighted by Gasteiger charge is 2.47. The van der Waals surface area contributed by atoms with Crippen LogP contribution in [0.1, 0.15) is 18.4 Å². The number of sulfone groups is 1. The maximum atomic E-state index is 14.7. The molecule has 1 aromatic rings. The lowest BCUT2D eigenvalue weighted by atomic mass is 9.86. The molecule has 1 spiro atoms. The second-order valence-corrected chi connectivity index (χ2v) is 9.49. The Hall–Kier alpha value is -2.26. The van der Waals surface area contributed by atoms with Crippen molar-refractivity contribution in [2.75, 3.05) is 7.11 Å². The van der Waals surface area contributed by atoms with Gasteiger partial charge in [-0.1, -0.05) is 30.4 Å². The summed E-state index contributed by atoms with van der Waals surface area (Å²) in [5.41, 5.74) is 1.08. The third-order valence-electron chi connectivity index (χ3n) is 5.66. The molecule has 30 heavy (non-hydrogen) atoms. The zero-order valence-corrected chi connectivity index (χ0v) is 16.5. The van der Waals surface area contributed by atoms with Crippen LogP contribution in [-0.2, 0) is 14.6 Å². The van der Waals surface area contributed by atoms with E-state index in [0.29, 0.717) is 16.7 Å². The van der Waals surface area contributed by atoms with Gasteiger partial charge in [-0.15, -0.1) is 0 Å². The average molecular weight is 444 g/mol. The molecule has 1 aromatic carbocycles. The monoisotopic (exact) mass is 444 g/mol. The Morgan fingerprint density at radius 2 is 1.73 bits per heavy atom. The first-order chi connectivity index (χ1) is 14.0. The Kier molecular flexibility index (Phi) is 4.81. The van der Waals surface area contributed by atoms with E-state index in [-0.39, 0.29) is 5.41 Å². The molecule has 4 rings (SSSR count). The topological polar surface area (TPSA) is 43.4 Å². The molecule has 0 heterocycles. The van der Waals surface area contributed by atoms with Crippen LogP contribution in [-0.4, -0.2) is 27.1 Å². The summed E-state index contributed by atoms with van der Waals surface area (Å²) >= 11 is 0. The quantitative estimate of drug-likeness (QED) is 0.449. The minimum absolute atomic E-state index is 0.311. The van der Waals surface area contributed by atoms with E-state index in [0.717, 1.165) is 38.2 Å². The van der Waals surface area contributed by atoms with Crippen LogP contribution in [0.4, 0.5) is 22.0 Å². The van der Waals surface area contributed by atoms with Gasteiger partial charge in [-0.2, -0.15) is 13.2 Å². The molecule has 0 aliphatic heterocycles. The van der Waals surface area contributed by atoms with Crippen LogP contribution in [0.2, 0.25) is 0 Å². The fourth-order valence-electron chi connectivity index (χ4n) is 3.74. The maximum absolute atomic E-state index is 14.7. The minimum Gasteiger partial charge on any atom is -0.341 e. The van der Waals surface area contributed by atoms with Crippen LogP contribution in [0.5, 0.6) is 0 Å². The summed E-state index contributed by atoms with van der Waals surface area (Å²) in [4.78, 5) is -0.538. The molecule has 0 aromatic heterocycles. The molecule has 9 heteroatoms. The van der Waals surface area contributed by atoms with Crippen molar-refractivity contribution in [2.24, 2.45) is 11.3 Å². The van der Waals surface area contributed by atoms with Crippen molar-refractivity contribution in [3.8, 4) is 0 Å². The van der Waals surface area contributed by atoms with Gasteiger partial charge in [-0.3, -0.25) is 0 Å². The van der Waals surface area contributed by atoms with Crippen LogP contribution >= 0.6 is 0 Å². The van der Waals surface area contributed by atoms with Crippen molar-refractivity contribution in [1.82, 2.24) is 0 Å². The molecule has 2 atom stereocenters. The first-order valence-corrected chi connectivity index (χ1v) is 10.7. The highest BCUT2D eigenvalue weighted by Crippen LogP contribution is 2.58. The standard InChI is InChI=1S/C21H17F5O3S/c1-29-21(26)7-6-14(17(22)18(21)23)16-11-20(8-9-20)10-15(16)12-2-4-13(5-3-12)30(27,28)19(24)25/h2-7,10-11,14,19H,8-9H2,1H3. The summed E-state index contributed by atoms with van der Waals surface area (Å²) in [6, 6.07) is 4.78. The number of ether oxygens (including phenoxy) is 1. The van der Waals surface area contributed by atoms with E-state index in [1.54, 1.807) is 6.08 Å². The highest BCUT2D eigenvalue weighted by molar-refractivity contribution is 7.91. The summed E-state index contributed by atoms with van der Waals surface area (Å²) < 4.78 is 96.5. The molecule has 0 N–H and O–H groups in total. The first kappa shape index (κ1) is 21.0. The second kappa shape index (κ2) is 6.88. The first-order valence-electron chi connectivity index (χ1n) is 9.10. The molecular weight excluding hydrogens is 427 g/mol. The zero-order chi connectivity index (χ0) is 21.9. The lowest BCUT2D eigenvalue weighted by Crippen LogP contribution is -2.29. The zero-order valence-electron chi connectivity index (χ0n) is 15.7. The fourth-order valence-corrected chi connectivity index (χ4v) is 4.46. The second-order valence-electron chi connectivity index (χ2n) is 7.57. The number of rotatable bonds is 5. The van der Waals surface area contributed by atoms with Crippen molar-refractivity contribution in [2.45, 2.75) is 29.3 Å². The van der Waals surface area contributed by atoms with Crippen molar-refractivity contribution >= 4 is 15.4 Å². The van der Waals surface area contributed by atoms with Crippen molar-refractivity contribution in [3.63, 3.8) is 0 Å². The van der Waals surface area contributed by atoms with Gasteiger partial charge in [0.2, 0.25) is 15.7 Å². The van der Waals surface area contributed by atoms with Gasteiger partial charge in [0.15, 0.2) is 0 Å². The van der Waals surface area contributed by atoms with E-state index in [1.807, 2.05) is 6.08 Å². The molecule has 3 aliphatic rings. The van der Waals surface area contributed by atoms with Gasteiger partial charge in [0.1, 0.15) is 5.83 Å². The number of alkyl halides is 3. The van der Waals surface area contributed by atoms with Crippen LogP contribution in [0.25, 0.3) is 5.57 Å². The van der Waals surface area contributed by atoms with Gasteiger partial charge >= 0.3 is 5.76 Å². The summed E-state index contributed by atoms with van der Waals surface area (Å²) in [6.07, 6.45) is 7.25. The number of hydrogen-bond donors (Lipinski definition) is 0. The summed E-state index contributed by atoms with van der Waals surface area (Å²) in [6.45, 7) is 0. The Balaban J connectivity index is 1.72. The smallest absolute Gasteiger partial charge is 0.341 e. The van der Waals surface area contributed by atoms with Crippen LogP contribution in [0, 0.1) is 11.3 Å². The number of halogens is 5. The molecule has 160 valence electrons. The SMILES string of the molecule is COC1(F)C=CC(C2=CC3(C=C2c2ccc(S(=O)(=O)C(F)F)cc2)CC3)C(F)=C1F. The van der Waals surface area contributed by atoms with Crippen molar-refractivity contribution in [1.29, 1.82) is 0 Å². The number of methoxy groups -OCH3 is 1. The normalized spacial score (nSPS) is 27.6. The van der Waals surface area contributed by atoms with Gasteiger partial charge in [0, 0.05) is 12.5 Å². The van der Waals surface area contributed by atoms with E-state index >= 15 is 0 Å². The Labute approximate surface area is 170 Å². The highest BCUT2D eigenvalue weighted by atomic mass is 32.2. The number of benzene rings is 1. The lowest BCUT2D eigenvalue weighted by Gasteiger charge is -2.27. The van der Waals surface area contributed by atoms with Crippen molar-refractivity contribution in [3.05, 3.63) is 71.4 Å². The van der Waals surface area contributed by atoms with Gasteiger partial charge in [-0.25, -0.2) is 17.2 Å². The van der Waals surface area contributed by atoms with Crippen molar-refractivity contribution < 1.29 is 35.1 Å². The van der Waals surface area contributed by atoms with Crippen LogP contribution in [0.3, 0.4) is 0 Å². The summed E-state index contributed by atoms with van der Waals surface area (Å²) in [7, 11) is -3.82. The molecule has 1 fully saturated rings. The van der Waals surface area contributed by atoms with E-state index in [2.05, 4.69) is 4.74 Å². The van der Waals surface area contributed by atoms with E-state index in [9.17, 15) is 30.4 Å². The van der Waals surface area contributed by atoms with E-state index in [1.165, 1.54) is 18.2 Å². The van der Waals surface area contributed by atoms with Gasteiger partial charge in [-0.05, 0) is 47.8 Å². The Morgan fingerprint density at radius 1 is 1.10 bits per heavy atom. The lowest BCUT2D eigenvalue weighted by molar-refractivity contribution is -0.0678. The largest absolute Gasteiger partial charge is 0.341 e. The molecule has 0 saturated heterocycles. The molecule has 0 radical (unpaired) electrons. The fraction of sp³-hybridized carbons (Fsp3) is 0.333. The Morgan fingerprint density at radius 3 is 2.27 bits per heavy atom. The van der Waals surface area contributed by atoms with E-state index in [4.69, 9.17) is 0 Å². The number of allylic oxidation sites excluding steroid dienone is 6. The average Bonchev–Trinajstić information content (AvgIpc) is 3.37. The maximum Gasteiger partial charge on any atom is 0.341 e. The molecular formula is C21H17F5O3S. The third-order valence-corrected chi connectivity index (χ3v) is 7.06. The molecule has 3 aliphatic carbocycles. The molecule has 0 bridgehead atoms.